The summed E-state index contributed by atoms with van der Waals surface area (Å²) in [6.07, 6.45) is 8.14. The predicted molar refractivity (Wildman–Crippen MR) is 92.2 cm³/mol. The van der Waals surface area contributed by atoms with Crippen LogP contribution in [-0.2, 0) is 6.54 Å². The summed E-state index contributed by atoms with van der Waals surface area (Å²) >= 11 is 0. The number of hydrogen-bond acceptors (Lipinski definition) is 0. The number of halogens is 1. The van der Waals surface area contributed by atoms with Crippen LogP contribution >= 0.6 is 0 Å². The van der Waals surface area contributed by atoms with Gasteiger partial charge in [0.05, 0.1) is 0 Å². The summed E-state index contributed by atoms with van der Waals surface area (Å²) in [5, 5.41) is 1.25. The SMILES string of the molecule is CC(c1cn(Cc2ccc(F)cc2)c2ccccc12)[n+]1cc[nH]c1. The fourth-order valence-electron chi connectivity index (χ4n) is 3.23. The molecule has 3 nitrogen and oxygen atoms in total. The van der Waals surface area contributed by atoms with Crippen LogP contribution in [0.25, 0.3) is 10.9 Å². The molecule has 4 rings (SSSR count). The second-order valence-corrected chi connectivity index (χ2v) is 6.09. The van der Waals surface area contributed by atoms with E-state index in [4.69, 9.17) is 0 Å². The molecule has 0 aliphatic heterocycles. The highest BCUT2D eigenvalue weighted by Gasteiger charge is 2.18. The van der Waals surface area contributed by atoms with Crippen LogP contribution in [0.4, 0.5) is 4.39 Å². The van der Waals surface area contributed by atoms with Gasteiger partial charge in [-0.15, -0.1) is 0 Å². The summed E-state index contributed by atoms with van der Waals surface area (Å²) in [7, 11) is 0. The maximum Gasteiger partial charge on any atom is 0.242 e. The molecule has 0 radical (unpaired) electrons. The zero-order chi connectivity index (χ0) is 16.5. The summed E-state index contributed by atoms with van der Waals surface area (Å²) in [6.45, 7) is 2.92. The average molecular weight is 320 g/mol. The Hall–Kier alpha value is -2.88. The van der Waals surface area contributed by atoms with Crippen molar-refractivity contribution in [1.29, 1.82) is 0 Å². The standard InChI is InChI=1S/C20H18FN3/c1-15(23-11-10-22-14-23)19-13-24(20-5-3-2-4-18(19)20)12-16-6-8-17(21)9-7-16/h2-11,13-15H,12H2,1H3/p+1. The lowest BCUT2D eigenvalue weighted by molar-refractivity contribution is -0.709. The zero-order valence-corrected chi connectivity index (χ0v) is 13.5. The van der Waals surface area contributed by atoms with Crippen LogP contribution < -0.4 is 4.57 Å². The molecule has 0 saturated heterocycles. The van der Waals surface area contributed by atoms with E-state index in [1.54, 1.807) is 0 Å². The number of benzene rings is 2. The van der Waals surface area contributed by atoms with E-state index in [0.717, 1.165) is 12.1 Å². The molecular formula is C20H19FN3+. The van der Waals surface area contributed by atoms with Gasteiger partial charge in [-0.05, 0) is 30.7 Å². The normalized spacial score (nSPS) is 12.6. The predicted octanol–water partition coefficient (Wildman–Crippen LogP) is 4.05. The Morgan fingerprint density at radius 2 is 1.92 bits per heavy atom. The molecule has 0 aliphatic carbocycles. The third-order valence-electron chi connectivity index (χ3n) is 4.55. The Morgan fingerprint density at radius 1 is 1.12 bits per heavy atom. The summed E-state index contributed by atoms with van der Waals surface area (Å²) in [6, 6.07) is 15.4. The van der Waals surface area contributed by atoms with Gasteiger partial charge in [0.2, 0.25) is 6.33 Å². The molecule has 1 N–H and O–H groups in total. The lowest BCUT2D eigenvalue weighted by Gasteiger charge is -2.06. The van der Waals surface area contributed by atoms with E-state index in [1.165, 1.54) is 28.6 Å². The summed E-state index contributed by atoms with van der Waals surface area (Å²) in [5.41, 5.74) is 3.56. The van der Waals surface area contributed by atoms with Crippen LogP contribution in [0.5, 0.6) is 0 Å². The number of aromatic nitrogens is 3. The molecule has 0 spiro atoms. The number of H-pyrrole nitrogens is 1. The van der Waals surface area contributed by atoms with Crippen molar-refractivity contribution in [3.63, 3.8) is 0 Å². The smallest absolute Gasteiger partial charge is 0.242 e. The Kier molecular flexibility index (Phi) is 3.65. The first-order valence-electron chi connectivity index (χ1n) is 8.08. The number of rotatable bonds is 4. The maximum absolute atomic E-state index is 13.1. The highest BCUT2D eigenvalue weighted by molar-refractivity contribution is 5.84. The third-order valence-corrected chi connectivity index (χ3v) is 4.55. The van der Waals surface area contributed by atoms with E-state index in [9.17, 15) is 4.39 Å². The van der Waals surface area contributed by atoms with Crippen molar-refractivity contribution < 1.29 is 8.96 Å². The molecule has 120 valence electrons. The lowest BCUT2D eigenvalue weighted by Crippen LogP contribution is -2.35. The first-order chi connectivity index (χ1) is 11.7. The molecule has 0 amide bonds. The van der Waals surface area contributed by atoms with Gasteiger partial charge < -0.3 is 4.57 Å². The highest BCUT2D eigenvalue weighted by Crippen LogP contribution is 2.27. The molecule has 2 aromatic heterocycles. The van der Waals surface area contributed by atoms with Crippen LogP contribution in [-0.4, -0.2) is 9.55 Å². The van der Waals surface area contributed by atoms with Crippen LogP contribution in [0.3, 0.4) is 0 Å². The van der Waals surface area contributed by atoms with Crippen molar-refractivity contribution in [3.05, 3.63) is 90.4 Å². The molecule has 2 aromatic carbocycles. The van der Waals surface area contributed by atoms with Crippen LogP contribution in [0.1, 0.15) is 24.1 Å². The largest absolute Gasteiger partial charge is 0.343 e. The van der Waals surface area contributed by atoms with Gasteiger partial charge in [-0.3, -0.25) is 4.98 Å². The van der Waals surface area contributed by atoms with Gasteiger partial charge in [-0.2, -0.15) is 0 Å². The van der Waals surface area contributed by atoms with E-state index in [2.05, 4.69) is 51.5 Å². The minimum absolute atomic E-state index is 0.200. The van der Waals surface area contributed by atoms with Gasteiger partial charge in [0.1, 0.15) is 24.3 Å². The number of fused-ring (bicyclic) bond motifs is 1. The van der Waals surface area contributed by atoms with Crippen molar-refractivity contribution in [2.45, 2.75) is 19.5 Å². The Balaban J connectivity index is 1.77. The van der Waals surface area contributed by atoms with Gasteiger partial charge >= 0.3 is 0 Å². The number of imidazole rings is 1. The number of aromatic amines is 1. The first-order valence-corrected chi connectivity index (χ1v) is 8.08. The summed E-state index contributed by atoms with van der Waals surface area (Å²) in [5.74, 6) is -0.200. The average Bonchev–Trinajstić information content (AvgIpc) is 3.25. The lowest BCUT2D eigenvalue weighted by atomic mass is 10.1. The molecule has 0 aliphatic rings. The van der Waals surface area contributed by atoms with E-state index in [1.807, 2.05) is 30.9 Å². The Bertz CT molecular complexity index is 952. The quantitative estimate of drug-likeness (QED) is 0.549. The Morgan fingerprint density at radius 3 is 2.67 bits per heavy atom. The van der Waals surface area contributed by atoms with E-state index >= 15 is 0 Å². The second-order valence-electron chi connectivity index (χ2n) is 6.09. The second kappa shape index (κ2) is 5.96. The van der Waals surface area contributed by atoms with Crippen molar-refractivity contribution >= 4 is 10.9 Å². The maximum atomic E-state index is 13.1. The zero-order valence-electron chi connectivity index (χ0n) is 13.5. The molecule has 4 heteroatoms. The topological polar surface area (TPSA) is 24.6 Å². The molecule has 1 atom stereocenters. The van der Waals surface area contributed by atoms with Gasteiger partial charge in [0.15, 0.2) is 0 Å². The van der Waals surface area contributed by atoms with Gasteiger partial charge in [-0.1, -0.05) is 30.3 Å². The fraction of sp³-hybridized carbons (Fsp3) is 0.150. The third kappa shape index (κ3) is 2.60. The van der Waals surface area contributed by atoms with Crippen LogP contribution in [0.2, 0.25) is 0 Å². The number of para-hydroxylation sites is 1. The van der Waals surface area contributed by atoms with E-state index < -0.39 is 0 Å². The highest BCUT2D eigenvalue weighted by atomic mass is 19.1. The molecule has 24 heavy (non-hydrogen) atoms. The van der Waals surface area contributed by atoms with Crippen LogP contribution in [0.15, 0.2) is 73.4 Å². The molecule has 4 aromatic rings. The number of nitrogens with zero attached hydrogens (tertiary/aromatic N) is 2. The molecule has 0 saturated carbocycles. The molecular weight excluding hydrogens is 301 g/mol. The van der Waals surface area contributed by atoms with E-state index in [-0.39, 0.29) is 11.9 Å². The van der Waals surface area contributed by atoms with Crippen molar-refractivity contribution in [2.24, 2.45) is 0 Å². The fourth-order valence-corrected chi connectivity index (χ4v) is 3.23. The molecule has 1 unspecified atom stereocenters. The van der Waals surface area contributed by atoms with Crippen molar-refractivity contribution in [3.8, 4) is 0 Å². The number of nitrogens with one attached hydrogen (secondary N) is 1. The number of hydrogen-bond donors (Lipinski definition) is 1. The van der Waals surface area contributed by atoms with Crippen LogP contribution in [0, 0.1) is 5.82 Å². The van der Waals surface area contributed by atoms with Crippen molar-refractivity contribution in [2.75, 3.05) is 0 Å². The van der Waals surface area contributed by atoms with Crippen molar-refractivity contribution in [1.82, 2.24) is 9.55 Å². The Labute approximate surface area is 140 Å². The molecule has 0 fully saturated rings. The minimum atomic E-state index is -0.200. The summed E-state index contributed by atoms with van der Waals surface area (Å²) < 4.78 is 17.5. The van der Waals surface area contributed by atoms with Gasteiger partial charge in [0, 0.05) is 29.2 Å². The van der Waals surface area contributed by atoms with Gasteiger partial charge in [0.25, 0.3) is 0 Å². The monoisotopic (exact) mass is 320 g/mol. The summed E-state index contributed by atoms with van der Waals surface area (Å²) in [4.78, 5) is 3.10. The minimum Gasteiger partial charge on any atom is -0.343 e. The van der Waals surface area contributed by atoms with Gasteiger partial charge in [-0.25, -0.2) is 8.96 Å². The first kappa shape index (κ1) is 14.7. The van der Waals surface area contributed by atoms with E-state index in [0.29, 0.717) is 0 Å². The molecule has 2 heterocycles. The molecule has 0 bridgehead atoms.